The monoisotopic (exact) mass is 249 g/mol. The van der Waals surface area contributed by atoms with E-state index in [0.717, 1.165) is 30.4 Å². The van der Waals surface area contributed by atoms with Crippen LogP contribution in [0, 0.1) is 19.8 Å². The van der Waals surface area contributed by atoms with Crippen molar-refractivity contribution in [2.45, 2.75) is 46.3 Å². The molecule has 4 nitrogen and oxygen atoms in total. The summed E-state index contributed by atoms with van der Waals surface area (Å²) in [5.41, 5.74) is 3.33. The molecule has 1 unspecified atom stereocenters. The number of nitrogens with zero attached hydrogens (tertiary/aromatic N) is 2. The molecule has 1 atom stereocenters. The summed E-state index contributed by atoms with van der Waals surface area (Å²) >= 11 is 0. The van der Waals surface area contributed by atoms with E-state index in [1.807, 2.05) is 14.0 Å². The van der Waals surface area contributed by atoms with Gasteiger partial charge in [0.05, 0.1) is 0 Å². The zero-order valence-corrected chi connectivity index (χ0v) is 11.8. The van der Waals surface area contributed by atoms with Crippen molar-refractivity contribution in [1.82, 2.24) is 15.3 Å². The van der Waals surface area contributed by atoms with E-state index >= 15 is 0 Å². The third-order valence-corrected chi connectivity index (χ3v) is 3.44. The summed E-state index contributed by atoms with van der Waals surface area (Å²) in [4.78, 5) is 9.31. The van der Waals surface area contributed by atoms with Crippen LogP contribution >= 0.6 is 0 Å². The summed E-state index contributed by atoms with van der Waals surface area (Å²) in [7, 11) is 1.94. The maximum absolute atomic E-state index is 5.82. The summed E-state index contributed by atoms with van der Waals surface area (Å²) in [6.45, 7) is 7.69. The van der Waals surface area contributed by atoms with Crippen LogP contribution in [-0.2, 0) is 11.3 Å². The highest BCUT2D eigenvalue weighted by Crippen LogP contribution is 2.42. The molecule has 0 radical (unpaired) electrons. The van der Waals surface area contributed by atoms with Crippen molar-refractivity contribution in [2.75, 3.05) is 13.7 Å². The molecule has 0 bridgehead atoms. The van der Waals surface area contributed by atoms with E-state index in [4.69, 9.17) is 4.74 Å². The molecule has 1 N–H and O–H groups in total. The molecule has 1 saturated carbocycles. The molecular weight excluding hydrogens is 226 g/mol. The van der Waals surface area contributed by atoms with Gasteiger partial charge in [0.15, 0.2) is 5.82 Å². The number of aryl methyl sites for hydroxylation is 2. The third-order valence-electron chi connectivity index (χ3n) is 3.44. The van der Waals surface area contributed by atoms with Gasteiger partial charge in [0.2, 0.25) is 0 Å². The van der Waals surface area contributed by atoms with Crippen LogP contribution in [0.5, 0.6) is 0 Å². The van der Waals surface area contributed by atoms with Crippen LogP contribution in [0.4, 0.5) is 0 Å². The van der Waals surface area contributed by atoms with Gasteiger partial charge in [0.25, 0.3) is 0 Å². The molecule has 18 heavy (non-hydrogen) atoms. The van der Waals surface area contributed by atoms with Crippen molar-refractivity contribution in [1.29, 1.82) is 0 Å². The molecule has 0 aliphatic heterocycles. The van der Waals surface area contributed by atoms with E-state index in [2.05, 4.69) is 29.1 Å². The number of nitrogens with one attached hydrogen (secondary N) is 1. The summed E-state index contributed by atoms with van der Waals surface area (Å²) in [6, 6.07) is 0. The van der Waals surface area contributed by atoms with Gasteiger partial charge in [0.1, 0.15) is 6.10 Å². The lowest BCUT2D eigenvalue weighted by molar-refractivity contribution is 0.0397. The van der Waals surface area contributed by atoms with Crippen molar-refractivity contribution in [2.24, 2.45) is 5.92 Å². The van der Waals surface area contributed by atoms with Gasteiger partial charge in [-0.2, -0.15) is 0 Å². The molecule has 2 rings (SSSR count). The first-order valence-electron chi connectivity index (χ1n) is 6.77. The van der Waals surface area contributed by atoms with E-state index in [9.17, 15) is 0 Å². The Morgan fingerprint density at radius 1 is 1.28 bits per heavy atom. The first kappa shape index (κ1) is 13.4. The number of aromatic nitrogens is 2. The third kappa shape index (κ3) is 2.87. The standard InChI is InChI=1S/C14H23N3O/c1-5-18-13(11-6-7-11)14-16-9(2)12(8-15-4)10(3)17-14/h11,13,15H,5-8H2,1-4H3. The van der Waals surface area contributed by atoms with Gasteiger partial charge in [0, 0.05) is 30.1 Å². The van der Waals surface area contributed by atoms with E-state index < -0.39 is 0 Å². The van der Waals surface area contributed by atoms with Gasteiger partial charge in [-0.15, -0.1) is 0 Å². The van der Waals surface area contributed by atoms with E-state index in [-0.39, 0.29) is 6.10 Å². The van der Waals surface area contributed by atoms with Crippen molar-refractivity contribution in [3.05, 3.63) is 22.8 Å². The predicted molar refractivity (Wildman–Crippen MR) is 71.4 cm³/mol. The number of ether oxygens (including phenoxy) is 1. The average Bonchev–Trinajstić information content (AvgIpc) is 3.14. The van der Waals surface area contributed by atoms with Crippen molar-refractivity contribution in [3.63, 3.8) is 0 Å². The lowest BCUT2D eigenvalue weighted by atomic mass is 10.1. The van der Waals surface area contributed by atoms with Crippen molar-refractivity contribution in [3.8, 4) is 0 Å². The Kier molecular flexibility index (Phi) is 4.30. The summed E-state index contributed by atoms with van der Waals surface area (Å²) < 4.78 is 5.82. The van der Waals surface area contributed by atoms with E-state index in [1.54, 1.807) is 0 Å². The number of hydrogen-bond acceptors (Lipinski definition) is 4. The van der Waals surface area contributed by atoms with E-state index in [1.165, 1.54) is 18.4 Å². The Morgan fingerprint density at radius 3 is 2.33 bits per heavy atom. The fourth-order valence-electron chi connectivity index (χ4n) is 2.33. The normalized spacial score (nSPS) is 16.9. The van der Waals surface area contributed by atoms with Crippen LogP contribution in [0.2, 0.25) is 0 Å². The topological polar surface area (TPSA) is 47.0 Å². The largest absolute Gasteiger partial charge is 0.370 e. The second-order valence-corrected chi connectivity index (χ2v) is 4.97. The van der Waals surface area contributed by atoms with Crippen LogP contribution in [0.25, 0.3) is 0 Å². The minimum atomic E-state index is 0.0936. The Morgan fingerprint density at radius 2 is 1.89 bits per heavy atom. The van der Waals surface area contributed by atoms with Gasteiger partial charge in [-0.05, 0) is 46.6 Å². The van der Waals surface area contributed by atoms with Crippen LogP contribution in [0.15, 0.2) is 0 Å². The maximum atomic E-state index is 5.82. The van der Waals surface area contributed by atoms with Gasteiger partial charge < -0.3 is 10.1 Å². The number of rotatable bonds is 6. The number of hydrogen-bond donors (Lipinski definition) is 1. The summed E-state index contributed by atoms with van der Waals surface area (Å²) in [5, 5.41) is 3.16. The summed E-state index contributed by atoms with van der Waals surface area (Å²) in [5.74, 6) is 1.49. The average molecular weight is 249 g/mol. The van der Waals surface area contributed by atoms with Crippen LogP contribution in [0.1, 0.15) is 48.6 Å². The Balaban J connectivity index is 2.27. The molecule has 1 fully saturated rings. The quantitative estimate of drug-likeness (QED) is 0.840. The highest BCUT2D eigenvalue weighted by Gasteiger charge is 2.35. The second-order valence-electron chi connectivity index (χ2n) is 4.97. The zero-order valence-electron chi connectivity index (χ0n) is 11.8. The highest BCUT2D eigenvalue weighted by atomic mass is 16.5. The predicted octanol–water partition coefficient (Wildman–Crippen LogP) is 2.30. The highest BCUT2D eigenvalue weighted by molar-refractivity contribution is 5.25. The lowest BCUT2D eigenvalue weighted by Crippen LogP contribution is -2.16. The van der Waals surface area contributed by atoms with Crippen molar-refractivity contribution < 1.29 is 4.74 Å². The Bertz CT molecular complexity index is 392. The molecule has 4 heteroatoms. The second kappa shape index (κ2) is 5.76. The molecule has 1 aromatic heterocycles. The molecule has 1 heterocycles. The van der Waals surface area contributed by atoms with E-state index in [0.29, 0.717) is 5.92 Å². The maximum Gasteiger partial charge on any atom is 0.157 e. The zero-order chi connectivity index (χ0) is 13.1. The van der Waals surface area contributed by atoms with Crippen LogP contribution < -0.4 is 5.32 Å². The molecule has 100 valence electrons. The van der Waals surface area contributed by atoms with Gasteiger partial charge in [-0.3, -0.25) is 0 Å². The van der Waals surface area contributed by atoms with Gasteiger partial charge in [-0.25, -0.2) is 9.97 Å². The first-order valence-corrected chi connectivity index (χ1v) is 6.77. The van der Waals surface area contributed by atoms with Crippen molar-refractivity contribution >= 4 is 0 Å². The molecular formula is C14H23N3O. The molecule has 0 spiro atoms. The smallest absolute Gasteiger partial charge is 0.157 e. The fourth-order valence-corrected chi connectivity index (χ4v) is 2.33. The van der Waals surface area contributed by atoms with Gasteiger partial charge in [-0.1, -0.05) is 0 Å². The minimum absolute atomic E-state index is 0.0936. The lowest BCUT2D eigenvalue weighted by Gasteiger charge is -2.17. The molecule has 1 aliphatic carbocycles. The van der Waals surface area contributed by atoms with Gasteiger partial charge >= 0.3 is 0 Å². The first-order chi connectivity index (χ1) is 8.67. The molecule has 1 aromatic rings. The Hall–Kier alpha value is -1.00. The Labute approximate surface area is 109 Å². The van der Waals surface area contributed by atoms with Crippen LogP contribution in [0.3, 0.4) is 0 Å². The molecule has 0 saturated heterocycles. The summed E-state index contributed by atoms with van der Waals surface area (Å²) in [6.07, 6.45) is 2.57. The SMILES string of the molecule is CCOC(c1nc(C)c(CNC)c(C)n1)C1CC1. The minimum Gasteiger partial charge on any atom is -0.370 e. The molecule has 0 aromatic carbocycles. The molecule has 0 amide bonds. The molecule has 1 aliphatic rings. The fraction of sp³-hybridized carbons (Fsp3) is 0.714. The van der Waals surface area contributed by atoms with Crippen LogP contribution in [-0.4, -0.2) is 23.6 Å².